The summed E-state index contributed by atoms with van der Waals surface area (Å²) in [6.45, 7) is 5.63. The normalized spacial score (nSPS) is 10.3. The Balaban J connectivity index is 2.20. The Bertz CT molecular complexity index is 671. The second kappa shape index (κ2) is 10.3. The molecule has 0 saturated heterocycles. The molecule has 2 N–H and O–H groups in total. The van der Waals surface area contributed by atoms with Crippen LogP contribution in [0, 0.1) is 0 Å². The predicted molar refractivity (Wildman–Crippen MR) is 103 cm³/mol. The highest BCUT2D eigenvalue weighted by Gasteiger charge is 2.18. The summed E-state index contributed by atoms with van der Waals surface area (Å²) >= 11 is 0. The second-order valence-corrected chi connectivity index (χ2v) is 5.86. The van der Waals surface area contributed by atoms with Gasteiger partial charge in [-0.1, -0.05) is 48.5 Å². The number of aliphatic hydroxyl groups is 1. The summed E-state index contributed by atoms with van der Waals surface area (Å²) in [5.41, 5.74) is 2.56. The molecule has 0 saturated carbocycles. The summed E-state index contributed by atoms with van der Waals surface area (Å²) in [4.78, 5) is 15.0. The Morgan fingerprint density at radius 1 is 1.08 bits per heavy atom. The first kappa shape index (κ1) is 18.7. The molecular formula is C21H26N2O2. The van der Waals surface area contributed by atoms with E-state index >= 15 is 0 Å². The lowest BCUT2D eigenvalue weighted by Crippen LogP contribution is -2.32. The van der Waals surface area contributed by atoms with Gasteiger partial charge in [0.25, 0.3) is 5.91 Å². The number of para-hydroxylation sites is 1. The van der Waals surface area contributed by atoms with E-state index in [0.29, 0.717) is 31.6 Å². The van der Waals surface area contributed by atoms with Crippen LogP contribution in [0.4, 0.5) is 5.69 Å². The van der Waals surface area contributed by atoms with Crippen LogP contribution in [0.2, 0.25) is 0 Å². The largest absolute Gasteiger partial charge is 0.396 e. The Hall–Kier alpha value is -2.59. The van der Waals surface area contributed by atoms with Gasteiger partial charge in [0.05, 0.1) is 5.56 Å². The van der Waals surface area contributed by atoms with Crippen molar-refractivity contribution in [3.8, 4) is 0 Å². The minimum Gasteiger partial charge on any atom is -0.396 e. The smallest absolute Gasteiger partial charge is 0.256 e. The monoisotopic (exact) mass is 338 g/mol. The van der Waals surface area contributed by atoms with Crippen LogP contribution in [0.5, 0.6) is 0 Å². The van der Waals surface area contributed by atoms with Crippen molar-refractivity contribution in [3.63, 3.8) is 0 Å². The van der Waals surface area contributed by atoms with Gasteiger partial charge in [0, 0.05) is 31.9 Å². The topological polar surface area (TPSA) is 52.6 Å². The fourth-order valence-corrected chi connectivity index (χ4v) is 2.65. The van der Waals surface area contributed by atoms with Crippen LogP contribution < -0.4 is 5.32 Å². The quantitative estimate of drug-likeness (QED) is 0.513. The first-order valence-electron chi connectivity index (χ1n) is 8.64. The minimum atomic E-state index is -0.00560. The average molecular weight is 338 g/mol. The van der Waals surface area contributed by atoms with E-state index in [-0.39, 0.29) is 12.5 Å². The van der Waals surface area contributed by atoms with E-state index in [9.17, 15) is 4.79 Å². The van der Waals surface area contributed by atoms with E-state index in [0.717, 1.165) is 17.7 Å². The molecule has 0 aromatic heterocycles. The molecule has 0 atom stereocenters. The standard InChI is InChI=1S/C21H26N2O2/c1-2-14-22-20-13-7-6-12-19(20)21(25)23(15-8-9-16-24)17-18-10-4-3-5-11-18/h2-7,10-13,22,24H,1,8-9,14-17H2. The number of carbonyl (C=O) groups is 1. The van der Waals surface area contributed by atoms with Crippen LogP contribution in [0.3, 0.4) is 0 Å². The van der Waals surface area contributed by atoms with Gasteiger partial charge in [-0.2, -0.15) is 0 Å². The Morgan fingerprint density at radius 3 is 2.52 bits per heavy atom. The van der Waals surface area contributed by atoms with Crippen molar-refractivity contribution in [2.24, 2.45) is 0 Å². The van der Waals surface area contributed by atoms with E-state index in [1.165, 1.54) is 0 Å². The summed E-state index contributed by atoms with van der Waals surface area (Å²) in [6, 6.07) is 17.5. The van der Waals surface area contributed by atoms with E-state index in [4.69, 9.17) is 5.11 Å². The summed E-state index contributed by atoms with van der Waals surface area (Å²) in [6.07, 6.45) is 3.23. The first-order valence-corrected chi connectivity index (χ1v) is 8.64. The maximum absolute atomic E-state index is 13.1. The highest BCUT2D eigenvalue weighted by Crippen LogP contribution is 2.19. The van der Waals surface area contributed by atoms with Gasteiger partial charge in [-0.25, -0.2) is 0 Å². The fourth-order valence-electron chi connectivity index (χ4n) is 2.65. The summed E-state index contributed by atoms with van der Waals surface area (Å²) < 4.78 is 0. The lowest BCUT2D eigenvalue weighted by atomic mass is 10.1. The SMILES string of the molecule is C=CCNc1ccccc1C(=O)N(CCCCO)Cc1ccccc1. The van der Waals surface area contributed by atoms with Gasteiger partial charge >= 0.3 is 0 Å². The van der Waals surface area contributed by atoms with Crippen molar-refractivity contribution < 1.29 is 9.90 Å². The van der Waals surface area contributed by atoms with Gasteiger partial charge in [-0.15, -0.1) is 6.58 Å². The van der Waals surface area contributed by atoms with Crippen molar-refractivity contribution in [2.75, 3.05) is 25.0 Å². The molecule has 0 heterocycles. The van der Waals surface area contributed by atoms with E-state index in [1.54, 1.807) is 6.08 Å². The summed E-state index contributed by atoms with van der Waals surface area (Å²) in [5.74, 6) is -0.00560. The van der Waals surface area contributed by atoms with Gasteiger partial charge in [0.15, 0.2) is 0 Å². The van der Waals surface area contributed by atoms with Crippen molar-refractivity contribution in [1.82, 2.24) is 4.90 Å². The molecule has 4 heteroatoms. The molecule has 0 aliphatic carbocycles. The molecule has 0 fully saturated rings. The average Bonchev–Trinajstić information content (AvgIpc) is 2.66. The van der Waals surface area contributed by atoms with Crippen LogP contribution in [-0.2, 0) is 6.54 Å². The molecule has 0 radical (unpaired) electrons. The second-order valence-electron chi connectivity index (χ2n) is 5.86. The molecule has 132 valence electrons. The molecule has 2 rings (SSSR count). The van der Waals surface area contributed by atoms with Crippen LogP contribution in [0.1, 0.15) is 28.8 Å². The highest BCUT2D eigenvalue weighted by atomic mass is 16.3. The van der Waals surface area contributed by atoms with Gasteiger partial charge < -0.3 is 15.3 Å². The molecule has 25 heavy (non-hydrogen) atoms. The van der Waals surface area contributed by atoms with Crippen LogP contribution in [0.25, 0.3) is 0 Å². The lowest BCUT2D eigenvalue weighted by molar-refractivity contribution is 0.0738. The number of nitrogens with zero attached hydrogens (tertiary/aromatic N) is 1. The number of aliphatic hydroxyl groups excluding tert-OH is 1. The number of rotatable bonds is 10. The van der Waals surface area contributed by atoms with Crippen molar-refractivity contribution in [1.29, 1.82) is 0 Å². The zero-order valence-corrected chi connectivity index (χ0v) is 14.5. The van der Waals surface area contributed by atoms with E-state index < -0.39 is 0 Å². The number of anilines is 1. The zero-order valence-electron chi connectivity index (χ0n) is 14.5. The Kier molecular flexibility index (Phi) is 7.73. The first-order chi connectivity index (χ1) is 12.3. The molecule has 0 aliphatic heterocycles. The highest BCUT2D eigenvalue weighted by molar-refractivity contribution is 5.99. The van der Waals surface area contributed by atoms with Crippen LogP contribution in [-0.4, -0.2) is 35.6 Å². The molecule has 0 unspecified atom stereocenters. The predicted octanol–water partition coefficient (Wildman–Crippen LogP) is 3.70. The van der Waals surface area contributed by atoms with Gasteiger partial charge in [0.2, 0.25) is 0 Å². The number of benzene rings is 2. The number of hydrogen-bond donors (Lipinski definition) is 2. The van der Waals surface area contributed by atoms with Crippen LogP contribution in [0.15, 0.2) is 67.3 Å². The molecule has 0 aliphatic rings. The summed E-state index contributed by atoms with van der Waals surface area (Å²) in [5, 5.41) is 12.3. The molecular weight excluding hydrogens is 312 g/mol. The molecule has 0 bridgehead atoms. The Morgan fingerprint density at radius 2 is 1.80 bits per heavy atom. The van der Waals surface area contributed by atoms with Crippen molar-refractivity contribution in [2.45, 2.75) is 19.4 Å². The maximum atomic E-state index is 13.1. The van der Waals surface area contributed by atoms with E-state index in [2.05, 4.69) is 11.9 Å². The number of amides is 1. The number of carbonyl (C=O) groups excluding carboxylic acids is 1. The van der Waals surface area contributed by atoms with Gasteiger partial charge in [-0.3, -0.25) is 4.79 Å². The van der Waals surface area contributed by atoms with Crippen molar-refractivity contribution in [3.05, 3.63) is 78.4 Å². The third kappa shape index (κ3) is 5.76. The third-order valence-corrected chi connectivity index (χ3v) is 3.93. The molecule has 2 aromatic carbocycles. The number of unbranched alkanes of at least 4 members (excludes halogenated alkanes) is 1. The van der Waals surface area contributed by atoms with Gasteiger partial charge in [-0.05, 0) is 30.5 Å². The molecule has 2 aromatic rings. The van der Waals surface area contributed by atoms with Gasteiger partial charge in [0.1, 0.15) is 0 Å². The third-order valence-electron chi connectivity index (χ3n) is 3.93. The molecule has 4 nitrogen and oxygen atoms in total. The van der Waals surface area contributed by atoms with E-state index in [1.807, 2.05) is 59.5 Å². The van der Waals surface area contributed by atoms with Crippen LogP contribution >= 0.6 is 0 Å². The lowest BCUT2D eigenvalue weighted by Gasteiger charge is -2.24. The Labute approximate surface area is 149 Å². The maximum Gasteiger partial charge on any atom is 0.256 e. The summed E-state index contributed by atoms with van der Waals surface area (Å²) in [7, 11) is 0. The van der Waals surface area contributed by atoms with Crippen molar-refractivity contribution >= 4 is 11.6 Å². The fraction of sp³-hybridized carbons (Fsp3) is 0.286. The molecule has 0 spiro atoms. The molecule has 1 amide bonds. The minimum absolute atomic E-state index is 0.00560. The zero-order chi connectivity index (χ0) is 17.9. The number of nitrogens with one attached hydrogen (secondary N) is 1. The number of hydrogen-bond acceptors (Lipinski definition) is 3.